The van der Waals surface area contributed by atoms with E-state index in [1.165, 1.54) is 4.31 Å². The predicted molar refractivity (Wildman–Crippen MR) is 111 cm³/mol. The Morgan fingerprint density at radius 1 is 1.17 bits per heavy atom. The quantitative estimate of drug-likeness (QED) is 0.744. The van der Waals surface area contributed by atoms with Crippen LogP contribution in [0.2, 0.25) is 0 Å². The van der Waals surface area contributed by atoms with E-state index < -0.39 is 10.0 Å². The molecule has 3 heterocycles. The number of oxazole rings is 1. The fourth-order valence-electron chi connectivity index (χ4n) is 4.45. The zero-order valence-corrected chi connectivity index (χ0v) is 17.7. The van der Waals surface area contributed by atoms with Gasteiger partial charge in [-0.05, 0) is 44.2 Å². The highest BCUT2D eigenvalue weighted by Gasteiger charge is 2.35. The van der Waals surface area contributed by atoms with Crippen LogP contribution in [-0.4, -0.2) is 60.4 Å². The van der Waals surface area contributed by atoms with Crippen molar-refractivity contribution >= 4 is 27.0 Å². The van der Waals surface area contributed by atoms with Gasteiger partial charge in [-0.25, -0.2) is 17.7 Å². The maximum absolute atomic E-state index is 13.0. The number of para-hydroxylation sites is 2. The van der Waals surface area contributed by atoms with E-state index in [1.54, 1.807) is 0 Å². The van der Waals surface area contributed by atoms with Crippen LogP contribution in [0, 0.1) is 5.92 Å². The monoisotopic (exact) mass is 419 g/mol. The molecule has 0 bridgehead atoms. The molecular weight excluding hydrogens is 390 g/mol. The van der Waals surface area contributed by atoms with Crippen LogP contribution in [0.5, 0.6) is 0 Å². The van der Waals surface area contributed by atoms with Crippen molar-refractivity contribution in [2.45, 2.75) is 44.9 Å². The zero-order chi connectivity index (χ0) is 20.4. The van der Waals surface area contributed by atoms with Gasteiger partial charge in [0, 0.05) is 32.1 Å². The lowest BCUT2D eigenvalue weighted by atomic mass is 9.93. The number of amides is 1. The molecule has 1 atom stereocenters. The summed E-state index contributed by atoms with van der Waals surface area (Å²) in [6, 6.07) is 7.76. The van der Waals surface area contributed by atoms with Crippen LogP contribution < -0.4 is 0 Å². The first kappa shape index (κ1) is 20.3. The van der Waals surface area contributed by atoms with Crippen molar-refractivity contribution in [3.05, 3.63) is 30.2 Å². The molecule has 0 spiro atoms. The van der Waals surface area contributed by atoms with Crippen molar-refractivity contribution in [2.24, 2.45) is 5.92 Å². The Labute approximate surface area is 172 Å². The Morgan fingerprint density at radius 3 is 2.66 bits per heavy atom. The van der Waals surface area contributed by atoms with E-state index in [0.29, 0.717) is 32.6 Å². The van der Waals surface area contributed by atoms with Crippen molar-refractivity contribution < 1.29 is 17.6 Å². The van der Waals surface area contributed by atoms with Crippen LogP contribution in [0.4, 0.5) is 0 Å². The van der Waals surface area contributed by atoms with E-state index >= 15 is 0 Å². The van der Waals surface area contributed by atoms with E-state index in [9.17, 15) is 13.2 Å². The van der Waals surface area contributed by atoms with E-state index in [-0.39, 0.29) is 23.5 Å². The van der Waals surface area contributed by atoms with Crippen molar-refractivity contribution in [2.75, 3.05) is 31.9 Å². The molecule has 29 heavy (non-hydrogen) atoms. The first-order valence-corrected chi connectivity index (χ1v) is 12.2. The SMILES string of the molecule is CCCS(=O)(=O)N1CCCC(C(=O)N2CCC(c3nc4ccccc4o3)CC2)C1. The normalized spacial score (nSPS) is 22.2. The second-order valence-electron chi connectivity index (χ2n) is 8.13. The van der Waals surface area contributed by atoms with Crippen LogP contribution in [0.1, 0.15) is 50.8 Å². The molecule has 0 saturated carbocycles. The molecule has 1 unspecified atom stereocenters. The predicted octanol–water partition coefficient (Wildman–Crippen LogP) is 2.99. The number of piperidine rings is 2. The summed E-state index contributed by atoms with van der Waals surface area (Å²) in [5.74, 6) is 1.00. The molecule has 2 aliphatic heterocycles. The number of likely N-dealkylation sites (tertiary alicyclic amines) is 1. The number of benzene rings is 1. The standard InChI is InChI=1S/C21H29N3O4S/c1-2-14-29(26,27)24-11-5-6-17(15-24)21(25)23-12-9-16(10-13-23)20-22-18-7-3-4-8-19(18)28-20/h3-4,7-8,16-17H,2,5-6,9-15H2,1H3. The van der Waals surface area contributed by atoms with Crippen molar-refractivity contribution in [3.8, 4) is 0 Å². The second-order valence-corrected chi connectivity index (χ2v) is 10.2. The lowest BCUT2D eigenvalue weighted by Crippen LogP contribution is -2.48. The largest absolute Gasteiger partial charge is 0.440 e. The van der Waals surface area contributed by atoms with Crippen LogP contribution in [-0.2, 0) is 14.8 Å². The molecule has 0 radical (unpaired) electrons. The number of carbonyl (C=O) groups is 1. The third-order valence-corrected chi connectivity index (χ3v) is 8.10. The smallest absolute Gasteiger partial charge is 0.227 e. The number of sulfonamides is 1. The van der Waals surface area contributed by atoms with E-state index in [2.05, 4.69) is 4.98 Å². The number of aromatic nitrogens is 1. The second kappa shape index (κ2) is 8.44. The van der Waals surface area contributed by atoms with Gasteiger partial charge < -0.3 is 9.32 Å². The summed E-state index contributed by atoms with van der Waals surface area (Å²) in [6.07, 6.45) is 3.76. The Bertz CT molecular complexity index is 930. The Kier molecular flexibility index (Phi) is 5.92. The van der Waals surface area contributed by atoms with Gasteiger partial charge in [0.1, 0.15) is 5.52 Å². The summed E-state index contributed by atoms with van der Waals surface area (Å²) in [5, 5.41) is 0. The maximum Gasteiger partial charge on any atom is 0.227 e. The number of hydrogen-bond acceptors (Lipinski definition) is 5. The van der Waals surface area contributed by atoms with Crippen molar-refractivity contribution in [1.82, 2.24) is 14.2 Å². The Morgan fingerprint density at radius 2 is 1.93 bits per heavy atom. The van der Waals surface area contributed by atoms with Crippen molar-refractivity contribution in [3.63, 3.8) is 0 Å². The lowest BCUT2D eigenvalue weighted by Gasteiger charge is -2.37. The van der Waals surface area contributed by atoms with Crippen molar-refractivity contribution in [1.29, 1.82) is 0 Å². The van der Waals surface area contributed by atoms with Gasteiger partial charge in [0.2, 0.25) is 15.9 Å². The molecule has 2 aromatic rings. The summed E-state index contributed by atoms with van der Waals surface area (Å²) in [6.45, 7) is 4.06. The first-order chi connectivity index (χ1) is 14.0. The number of fused-ring (bicyclic) bond motifs is 1. The minimum atomic E-state index is -3.25. The lowest BCUT2D eigenvalue weighted by molar-refractivity contribution is -0.137. The average Bonchev–Trinajstić information content (AvgIpc) is 3.18. The van der Waals surface area contributed by atoms with Gasteiger partial charge in [-0.15, -0.1) is 0 Å². The molecule has 8 heteroatoms. The van der Waals surface area contributed by atoms with Gasteiger partial charge in [-0.3, -0.25) is 4.79 Å². The van der Waals surface area contributed by atoms with Crippen LogP contribution in [0.25, 0.3) is 11.1 Å². The number of rotatable bonds is 5. The third-order valence-electron chi connectivity index (χ3n) is 6.06. The molecule has 1 amide bonds. The molecule has 1 aromatic carbocycles. The summed E-state index contributed by atoms with van der Waals surface area (Å²) >= 11 is 0. The van der Waals surface area contributed by atoms with Gasteiger partial charge in [-0.1, -0.05) is 19.1 Å². The minimum Gasteiger partial charge on any atom is -0.440 e. The summed E-state index contributed by atoms with van der Waals surface area (Å²) < 4.78 is 32.2. The number of nitrogens with zero attached hydrogens (tertiary/aromatic N) is 3. The highest BCUT2D eigenvalue weighted by atomic mass is 32.2. The molecule has 0 aliphatic carbocycles. The Balaban J connectivity index is 1.36. The number of hydrogen-bond donors (Lipinski definition) is 0. The van der Waals surface area contributed by atoms with E-state index in [0.717, 1.165) is 42.7 Å². The molecule has 7 nitrogen and oxygen atoms in total. The molecule has 158 valence electrons. The van der Waals surface area contributed by atoms with Gasteiger partial charge in [0.15, 0.2) is 11.5 Å². The van der Waals surface area contributed by atoms with E-state index in [4.69, 9.17) is 4.42 Å². The fourth-order valence-corrected chi connectivity index (χ4v) is 6.04. The van der Waals surface area contributed by atoms with Crippen LogP contribution >= 0.6 is 0 Å². The highest BCUT2D eigenvalue weighted by molar-refractivity contribution is 7.89. The topological polar surface area (TPSA) is 83.7 Å². The average molecular weight is 420 g/mol. The zero-order valence-electron chi connectivity index (χ0n) is 16.9. The molecular formula is C21H29N3O4S. The molecule has 4 rings (SSSR count). The maximum atomic E-state index is 13.0. The molecule has 2 aliphatic rings. The van der Waals surface area contributed by atoms with E-state index in [1.807, 2.05) is 36.1 Å². The molecule has 1 aromatic heterocycles. The summed E-state index contributed by atoms with van der Waals surface area (Å²) in [7, 11) is -3.25. The first-order valence-electron chi connectivity index (χ1n) is 10.6. The summed E-state index contributed by atoms with van der Waals surface area (Å²) in [5.41, 5.74) is 1.67. The van der Waals surface area contributed by atoms with Gasteiger partial charge in [0.05, 0.1) is 11.7 Å². The van der Waals surface area contributed by atoms with Gasteiger partial charge in [0.25, 0.3) is 0 Å². The highest BCUT2D eigenvalue weighted by Crippen LogP contribution is 2.31. The minimum absolute atomic E-state index is 0.0948. The summed E-state index contributed by atoms with van der Waals surface area (Å²) in [4.78, 5) is 19.5. The fraction of sp³-hybridized carbons (Fsp3) is 0.619. The van der Waals surface area contributed by atoms with Crippen LogP contribution in [0.3, 0.4) is 0 Å². The van der Waals surface area contributed by atoms with Crippen LogP contribution in [0.15, 0.2) is 28.7 Å². The molecule has 2 saturated heterocycles. The Hall–Kier alpha value is -1.93. The number of carbonyl (C=O) groups excluding carboxylic acids is 1. The molecule has 0 N–H and O–H groups in total. The van der Waals surface area contributed by atoms with Gasteiger partial charge in [-0.2, -0.15) is 0 Å². The third kappa shape index (κ3) is 4.33. The molecule has 2 fully saturated rings. The van der Waals surface area contributed by atoms with Gasteiger partial charge >= 0.3 is 0 Å².